The molecule has 0 aliphatic rings. The molecule has 0 aliphatic heterocycles. The lowest BCUT2D eigenvalue weighted by Gasteiger charge is -2.28. The Morgan fingerprint density at radius 1 is 0.867 bits per heavy atom. The van der Waals surface area contributed by atoms with E-state index in [0.717, 1.165) is 0 Å². The topological polar surface area (TPSA) is 71.1 Å². The molecule has 0 aromatic rings. The Morgan fingerprint density at radius 2 is 1.27 bits per heavy atom. The maximum absolute atomic E-state index is 10.9. The highest BCUT2D eigenvalue weighted by Crippen LogP contribution is 2.19. The van der Waals surface area contributed by atoms with Gasteiger partial charge in [-0.05, 0) is 0 Å². The zero-order chi connectivity index (χ0) is 11.9. The van der Waals surface area contributed by atoms with Gasteiger partial charge >= 0.3 is 17.1 Å². The van der Waals surface area contributed by atoms with Gasteiger partial charge in [-0.25, -0.2) is 0 Å². The first-order valence-electron chi connectivity index (χ1n) is 4.21. The molecule has 0 rings (SSSR count). The van der Waals surface area contributed by atoms with Crippen LogP contribution < -0.4 is 0 Å². The fraction of sp³-hybridized carbons (Fsp3) is 0.714. The van der Waals surface area contributed by atoms with Gasteiger partial charge in [0.1, 0.15) is 11.8 Å². The van der Waals surface area contributed by atoms with Crippen LogP contribution >= 0.6 is 0 Å². The molecule has 0 aromatic heterocycles. The van der Waals surface area contributed by atoms with Gasteiger partial charge in [0.2, 0.25) is 0 Å². The highest BCUT2D eigenvalue weighted by Gasteiger charge is 2.51. The summed E-state index contributed by atoms with van der Waals surface area (Å²) in [7, 11) is -0.442. The van der Waals surface area contributed by atoms with Gasteiger partial charge in [-0.2, -0.15) is 0 Å². The fourth-order valence-electron chi connectivity index (χ4n) is 1.08. The van der Waals surface area contributed by atoms with Crippen LogP contribution in [0.2, 0.25) is 5.67 Å². The summed E-state index contributed by atoms with van der Waals surface area (Å²) >= 11 is 0. The Kier molecular flexibility index (Phi) is 6.09. The molecular weight excluding hydrogens is 236 g/mol. The molecule has 0 radical (unpaired) electrons. The van der Waals surface area contributed by atoms with Gasteiger partial charge in [0.15, 0.2) is 0 Å². The third-order valence-corrected chi connectivity index (χ3v) is 9.57. The minimum atomic E-state index is -3.09. The van der Waals surface area contributed by atoms with E-state index >= 15 is 0 Å². The van der Waals surface area contributed by atoms with Crippen LogP contribution in [0.5, 0.6) is 0 Å². The van der Waals surface area contributed by atoms with E-state index in [1.807, 2.05) is 0 Å². The molecule has 88 valence electrons. The smallest absolute Gasteiger partial charge is 0.408 e. The summed E-state index contributed by atoms with van der Waals surface area (Å²) in [5.41, 5.74) is 0.0903. The molecule has 0 saturated carbocycles. The summed E-state index contributed by atoms with van der Waals surface area (Å²) in [6, 6.07) is 0. The highest BCUT2D eigenvalue weighted by molar-refractivity contribution is 7.18. The molecule has 8 heteroatoms. The van der Waals surface area contributed by atoms with E-state index < -0.39 is 17.1 Å². The van der Waals surface area contributed by atoms with Gasteiger partial charge in [-0.1, -0.05) is 0 Å². The molecule has 0 amide bonds. The van der Waals surface area contributed by atoms with Gasteiger partial charge in [0, 0.05) is 34.1 Å². The van der Waals surface area contributed by atoms with Gasteiger partial charge in [-0.3, -0.25) is 0 Å². The summed E-state index contributed by atoms with van der Waals surface area (Å²) in [6.45, 7) is 0. The maximum atomic E-state index is 10.9. The van der Waals surface area contributed by atoms with Gasteiger partial charge in [0.05, 0.1) is 0 Å². The van der Waals surface area contributed by atoms with Crippen molar-refractivity contribution in [2.75, 3.05) is 28.4 Å². The average Bonchev–Trinajstić information content (AvgIpc) is 2.33. The van der Waals surface area contributed by atoms with Gasteiger partial charge in [-0.15, -0.1) is 0 Å². The monoisotopic (exact) mass is 252 g/mol. The largest absolute Gasteiger partial charge is 0.500 e. The van der Waals surface area contributed by atoms with E-state index in [1.165, 1.54) is 28.4 Å². The maximum Gasteiger partial charge on any atom is 0.500 e. The van der Waals surface area contributed by atoms with Crippen molar-refractivity contribution in [2.45, 2.75) is 5.67 Å². The Hall–Kier alpha value is -0.386. The first-order chi connectivity index (χ1) is 7.07. The Bertz CT molecular complexity index is 201. The van der Waals surface area contributed by atoms with Crippen LogP contribution in [0.3, 0.4) is 0 Å². The van der Waals surface area contributed by atoms with Crippen LogP contribution in [0.25, 0.3) is 0 Å². The highest BCUT2D eigenvalue weighted by atomic mass is 28.4. The van der Waals surface area contributed by atoms with Crippen molar-refractivity contribution in [1.82, 2.24) is 0 Å². The molecule has 0 unspecified atom stereocenters. The van der Waals surface area contributed by atoms with Crippen LogP contribution in [-0.2, 0) is 27.3 Å². The van der Waals surface area contributed by atoms with E-state index in [9.17, 15) is 9.59 Å². The predicted octanol–water partition coefficient (Wildman–Crippen LogP) is -0.461. The molecule has 0 atom stereocenters. The number of hydrogen-bond donors (Lipinski definition) is 0. The summed E-state index contributed by atoms with van der Waals surface area (Å²) in [5.74, 6) is 1.11. The fourth-order valence-corrected chi connectivity index (χ4v) is 7.52. The summed E-state index contributed by atoms with van der Waals surface area (Å²) < 4.78 is 20.4. The second-order valence-corrected chi connectivity index (χ2v) is 9.66. The SMILES string of the molecule is CO[Si](C=O)(C=O)C[Si](OC)(OC)OC. The average molecular weight is 252 g/mol. The van der Waals surface area contributed by atoms with E-state index in [1.54, 1.807) is 0 Å². The van der Waals surface area contributed by atoms with E-state index in [0.29, 0.717) is 11.8 Å². The molecule has 0 aliphatic carbocycles. The van der Waals surface area contributed by atoms with Gasteiger partial charge < -0.3 is 27.3 Å². The molecule has 0 N–H and O–H groups in total. The predicted molar refractivity (Wildman–Crippen MR) is 57.9 cm³/mol. The van der Waals surface area contributed by atoms with Crippen LogP contribution in [0.1, 0.15) is 0 Å². The van der Waals surface area contributed by atoms with Gasteiger partial charge in [0.25, 0.3) is 0 Å². The second-order valence-electron chi connectivity index (χ2n) is 2.87. The van der Waals surface area contributed by atoms with Crippen molar-refractivity contribution in [1.29, 1.82) is 0 Å². The quantitative estimate of drug-likeness (QED) is 0.430. The van der Waals surface area contributed by atoms with Crippen LogP contribution in [0, 0.1) is 0 Å². The van der Waals surface area contributed by atoms with Crippen LogP contribution in [-0.4, -0.2) is 57.4 Å². The van der Waals surface area contributed by atoms with E-state index in [4.69, 9.17) is 17.7 Å². The van der Waals surface area contributed by atoms with Crippen LogP contribution in [0.15, 0.2) is 0 Å². The summed E-state index contributed by atoms with van der Waals surface area (Å²) in [4.78, 5) is 21.8. The third-order valence-electron chi connectivity index (χ3n) is 2.20. The van der Waals surface area contributed by atoms with Crippen molar-refractivity contribution < 1.29 is 27.3 Å². The standard InChI is InChI=1S/C7H16O6Si2/c1-10-14(5-8,6-9)7-15(11-2,12-3)13-4/h5-6H,7H2,1-4H3. The summed E-state index contributed by atoms with van der Waals surface area (Å²) in [6.07, 6.45) is 0. The molecule has 0 fully saturated rings. The lowest BCUT2D eigenvalue weighted by molar-refractivity contribution is 0.127. The lowest BCUT2D eigenvalue weighted by atomic mass is 11.7. The number of carbonyl (C=O) groups excluding carboxylic acids is 2. The number of carbonyl (C=O) groups is 2. The first kappa shape index (κ1) is 14.6. The first-order valence-corrected chi connectivity index (χ1v) is 8.41. The van der Waals surface area contributed by atoms with Crippen molar-refractivity contribution in [3.05, 3.63) is 0 Å². The Morgan fingerprint density at radius 3 is 1.47 bits per heavy atom. The van der Waals surface area contributed by atoms with E-state index in [-0.39, 0.29) is 5.67 Å². The van der Waals surface area contributed by atoms with Crippen LogP contribution in [0.4, 0.5) is 0 Å². The lowest BCUT2D eigenvalue weighted by Crippen LogP contribution is -2.55. The molecule has 0 spiro atoms. The number of rotatable bonds is 8. The van der Waals surface area contributed by atoms with Crippen molar-refractivity contribution in [2.24, 2.45) is 0 Å². The normalized spacial score (nSPS) is 12.5. The third kappa shape index (κ3) is 3.29. The number of hydrogen-bond acceptors (Lipinski definition) is 6. The van der Waals surface area contributed by atoms with Crippen molar-refractivity contribution in [3.63, 3.8) is 0 Å². The van der Waals surface area contributed by atoms with E-state index in [2.05, 4.69) is 0 Å². The molecule has 6 nitrogen and oxygen atoms in total. The second kappa shape index (κ2) is 6.25. The molecular formula is C7H16O6Si2. The minimum absolute atomic E-state index is 0.0903. The van der Waals surface area contributed by atoms with Crippen molar-refractivity contribution in [3.8, 4) is 0 Å². The molecule has 0 saturated heterocycles. The molecule has 0 heterocycles. The zero-order valence-corrected chi connectivity index (χ0v) is 11.3. The minimum Gasteiger partial charge on any atom is -0.408 e. The Balaban J connectivity index is 4.90. The Labute approximate surface area is 91.0 Å². The van der Waals surface area contributed by atoms with Crippen molar-refractivity contribution >= 4 is 28.9 Å². The molecule has 0 aromatic carbocycles. The molecule has 0 bridgehead atoms. The summed E-state index contributed by atoms with van der Waals surface area (Å²) in [5, 5.41) is 0. The molecule has 15 heavy (non-hydrogen) atoms. The zero-order valence-electron chi connectivity index (χ0n) is 9.31.